The third kappa shape index (κ3) is 3.60. The summed E-state index contributed by atoms with van der Waals surface area (Å²) in [6.45, 7) is 4.22. The highest BCUT2D eigenvalue weighted by Crippen LogP contribution is 2.27. The summed E-state index contributed by atoms with van der Waals surface area (Å²) in [4.78, 5) is 0.0631. The van der Waals surface area contributed by atoms with Gasteiger partial charge in [0, 0.05) is 25.4 Å². The molecule has 19 heavy (non-hydrogen) atoms. The van der Waals surface area contributed by atoms with E-state index >= 15 is 0 Å². The van der Waals surface area contributed by atoms with E-state index in [4.69, 9.17) is 22.1 Å². The molecule has 1 atom stereocenters. The van der Waals surface area contributed by atoms with Gasteiger partial charge >= 0.3 is 0 Å². The van der Waals surface area contributed by atoms with Gasteiger partial charge in [0.05, 0.1) is 11.6 Å². The first-order valence-corrected chi connectivity index (χ1v) is 7.72. The van der Waals surface area contributed by atoms with Crippen LogP contribution in [-0.2, 0) is 14.8 Å². The highest BCUT2D eigenvalue weighted by atomic mass is 35.5. The van der Waals surface area contributed by atoms with Crippen LogP contribution in [0.1, 0.15) is 13.8 Å². The zero-order chi connectivity index (χ0) is 14.6. The van der Waals surface area contributed by atoms with Crippen molar-refractivity contribution in [2.24, 2.45) is 0 Å². The standard InChI is InChI=1S/C12H19ClN2O3S/c1-4-15(9(2)8-18-3)19(16,17)12-6-5-10(14)7-11(12)13/h5-7,9H,4,8,14H2,1-3H3. The van der Waals surface area contributed by atoms with Gasteiger partial charge in [0.25, 0.3) is 0 Å². The van der Waals surface area contributed by atoms with Crippen LogP contribution in [0.5, 0.6) is 0 Å². The molecule has 1 aromatic carbocycles. The normalized spacial score (nSPS) is 13.7. The summed E-state index contributed by atoms with van der Waals surface area (Å²) in [5.74, 6) is 0. The fourth-order valence-electron chi connectivity index (χ4n) is 1.90. The Hall–Kier alpha value is -0.820. The molecule has 2 N–H and O–H groups in total. The molecule has 1 unspecified atom stereocenters. The van der Waals surface area contributed by atoms with E-state index in [0.717, 1.165) is 0 Å². The molecule has 0 aromatic heterocycles. The average molecular weight is 307 g/mol. The largest absolute Gasteiger partial charge is 0.399 e. The first-order chi connectivity index (χ1) is 8.84. The number of sulfonamides is 1. The van der Waals surface area contributed by atoms with Gasteiger partial charge in [-0.05, 0) is 25.1 Å². The molecule has 0 aliphatic carbocycles. The van der Waals surface area contributed by atoms with Crippen LogP contribution in [0.3, 0.4) is 0 Å². The van der Waals surface area contributed by atoms with Crippen molar-refractivity contribution in [3.63, 3.8) is 0 Å². The van der Waals surface area contributed by atoms with E-state index in [-0.39, 0.29) is 16.0 Å². The van der Waals surface area contributed by atoms with Gasteiger partial charge in [-0.2, -0.15) is 4.31 Å². The van der Waals surface area contributed by atoms with E-state index in [0.29, 0.717) is 18.8 Å². The topological polar surface area (TPSA) is 72.6 Å². The second-order valence-corrected chi connectivity index (χ2v) is 6.47. The van der Waals surface area contributed by atoms with E-state index in [1.54, 1.807) is 13.8 Å². The lowest BCUT2D eigenvalue weighted by molar-refractivity contribution is 0.142. The van der Waals surface area contributed by atoms with Crippen LogP contribution in [0.2, 0.25) is 5.02 Å². The van der Waals surface area contributed by atoms with Gasteiger partial charge in [0.2, 0.25) is 10.0 Å². The molecular weight excluding hydrogens is 288 g/mol. The van der Waals surface area contributed by atoms with Crippen molar-refractivity contribution in [1.29, 1.82) is 0 Å². The molecule has 0 radical (unpaired) electrons. The van der Waals surface area contributed by atoms with Crippen molar-refractivity contribution in [3.05, 3.63) is 23.2 Å². The lowest BCUT2D eigenvalue weighted by atomic mass is 10.3. The van der Waals surface area contributed by atoms with Gasteiger partial charge in [-0.1, -0.05) is 18.5 Å². The molecule has 0 saturated carbocycles. The molecule has 0 heterocycles. The average Bonchev–Trinajstić information content (AvgIpc) is 2.28. The molecule has 1 aromatic rings. The van der Waals surface area contributed by atoms with Crippen LogP contribution < -0.4 is 5.73 Å². The molecule has 0 bridgehead atoms. The molecule has 108 valence electrons. The number of nitrogens with zero attached hydrogens (tertiary/aromatic N) is 1. The van der Waals surface area contributed by atoms with Gasteiger partial charge in [0.1, 0.15) is 4.90 Å². The van der Waals surface area contributed by atoms with Crippen LogP contribution in [0.25, 0.3) is 0 Å². The maximum Gasteiger partial charge on any atom is 0.244 e. The van der Waals surface area contributed by atoms with E-state index in [2.05, 4.69) is 0 Å². The number of nitrogen functional groups attached to an aromatic ring is 1. The first-order valence-electron chi connectivity index (χ1n) is 5.90. The molecule has 5 nitrogen and oxygen atoms in total. The number of hydrogen-bond donors (Lipinski definition) is 1. The van der Waals surface area contributed by atoms with Crippen molar-refractivity contribution >= 4 is 27.3 Å². The predicted molar refractivity (Wildman–Crippen MR) is 76.8 cm³/mol. The Morgan fingerprint density at radius 1 is 1.47 bits per heavy atom. The van der Waals surface area contributed by atoms with Gasteiger partial charge in [0.15, 0.2) is 0 Å². The Bertz CT molecular complexity index is 534. The number of methoxy groups -OCH3 is 1. The van der Waals surface area contributed by atoms with Crippen molar-refractivity contribution in [2.75, 3.05) is 26.0 Å². The lowest BCUT2D eigenvalue weighted by Crippen LogP contribution is -2.40. The monoisotopic (exact) mass is 306 g/mol. The first kappa shape index (κ1) is 16.2. The molecule has 0 fully saturated rings. The molecular formula is C12H19ClN2O3S. The second kappa shape index (κ2) is 6.56. The fourth-order valence-corrected chi connectivity index (χ4v) is 4.05. The zero-order valence-corrected chi connectivity index (χ0v) is 12.8. The highest BCUT2D eigenvalue weighted by molar-refractivity contribution is 7.89. The smallest absolute Gasteiger partial charge is 0.244 e. The molecule has 0 amide bonds. The minimum atomic E-state index is -3.65. The Labute approximate surface area is 119 Å². The Balaban J connectivity index is 3.20. The van der Waals surface area contributed by atoms with Crippen LogP contribution in [0.15, 0.2) is 23.1 Å². The van der Waals surface area contributed by atoms with E-state index < -0.39 is 10.0 Å². The number of nitrogens with two attached hydrogens (primary N) is 1. The molecule has 7 heteroatoms. The SMILES string of the molecule is CCN(C(C)COC)S(=O)(=O)c1ccc(N)cc1Cl. The van der Waals surface area contributed by atoms with Gasteiger partial charge in [-0.25, -0.2) is 8.42 Å². The third-order valence-corrected chi connectivity index (χ3v) is 5.33. The lowest BCUT2D eigenvalue weighted by Gasteiger charge is -2.27. The summed E-state index contributed by atoms with van der Waals surface area (Å²) in [6.07, 6.45) is 0. The molecule has 0 aliphatic rings. The predicted octanol–water partition coefficient (Wildman–Crippen LogP) is 1.97. The van der Waals surface area contributed by atoms with Gasteiger partial charge < -0.3 is 10.5 Å². The molecule has 0 spiro atoms. The summed E-state index contributed by atoms with van der Waals surface area (Å²) in [7, 11) is -2.12. The van der Waals surface area contributed by atoms with Crippen LogP contribution in [0.4, 0.5) is 5.69 Å². The number of rotatable bonds is 6. The Kier molecular flexibility index (Phi) is 5.61. The van der Waals surface area contributed by atoms with Crippen LogP contribution in [-0.4, -0.2) is 39.0 Å². The van der Waals surface area contributed by atoms with Gasteiger partial charge in [-0.15, -0.1) is 0 Å². The van der Waals surface area contributed by atoms with Crippen molar-refractivity contribution in [1.82, 2.24) is 4.31 Å². The Morgan fingerprint density at radius 3 is 2.58 bits per heavy atom. The van der Waals surface area contributed by atoms with Crippen LogP contribution in [0, 0.1) is 0 Å². The van der Waals surface area contributed by atoms with E-state index in [1.165, 1.54) is 29.6 Å². The Morgan fingerprint density at radius 2 is 2.11 bits per heavy atom. The number of benzene rings is 1. The number of ether oxygens (including phenoxy) is 1. The number of anilines is 1. The van der Waals surface area contributed by atoms with E-state index in [9.17, 15) is 8.42 Å². The van der Waals surface area contributed by atoms with E-state index in [1.807, 2.05) is 0 Å². The van der Waals surface area contributed by atoms with Crippen molar-refractivity contribution in [3.8, 4) is 0 Å². The number of hydrogen-bond acceptors (Lipinski definition) is 4. The summed E-state index contributed by atoms with van der Waals surface area (Å²) >= 11 is 5.98. The molecule has 1 rings (SSSR count). The third-order valence-electron chi connectivity index (χ3n) is 2.75. The minimum Gasteiger partial charge on any atom is -0.399 e. The van der Waals surface area contributed by atoms with Crippen molar-refractivity contribution in [2.45, 2.75) is 24.8 Å². The van der Waals surface area contributed by atoms with Gasteiger partial charge in [-0.3, -0.25) is 0 Å². The molecule has 0 aliphatic heterocycles. The summed E-state index contributed by atoms with van der Waals surface area (Å²) < 4.78 is 31.5. The zero-order valence-electron chi connectivity index (χ0n) is 11.3. The maximum atomic E-state index is 12.6. The highest BCUT2D eigenvalue weighted by Gasteiger charge is 2.29. The maximum absolute atomic E-state index is 12.6. The number of halogens is 1. The summed E-state index contributed by atoms with van der Waals surface area (Å²) in [6, 6.07) is 4.11. The quantitative estimate of drug-likeness (QED) is 0.816. The second-order valence-electron chi connectivity index (χ2n) is 4.20. The fraction of sp³-hybridized carbons (Fsp3) is 0.500. The van der Waals surface area contributed by atoms with Crippen molar-refractivity contribution < 1.29 is 13.2 Å². The minimum absolute atomic E-state index is 0.0631. The number of likely N-dealkylation sites (N-methyl/N-ethyl adjacent to an activating group) is 1. The summed E-state index contributed by atoms with van der Waals surface area (Å²) in [5, 5.41) is 0.128. The molecule has 0 saturated heterocycles. The summed E-state index contributed by atoms with van der Waals surface area (Å²) in [5.41, 5.74) is 6.00. The van der Waals surface area contributed by atoms with Crippen LogP contribution >= 0.6 is 11.6 Å².